The van der Waals surface area contributed by atoms with E-state index in [4.69, 9.17) is 19.4 Å². The topological polar surface area (TPSA) is 160 Å². The molecule has 49 heavy (non-hydrogen) atoms. The van der Waals surface area contributed by atoms with E-state index < -0.39 is 44.8 Å². The minimum absolute atomic E-state index is 0.0994. The van der Waals surface area contributed by atoms with E-state index in [9.17, 15) is 22.8 Å². The number of urea groups is 1. The standard InChI is InChI=1S/C35H40N6O7S/c1-40-17-9-4-3-8-12-23-20-35(23,33(43)39-49(45,46)26-14-15-26)38-31(42)29-19-25(21-41(29)34(40)44)48-32-27-16-13-24(47-2)18-28(27)36-30(37-32)22-10-6-5-7-11-22/h5-8,10-13,16,18,23,25-26,29H,3-4,9,14-15,17,19-21H2,1-2H3,(H,38,42)(H,39,43)/b12-8-/t23-,25+,29-,35+/m0/s1. The van der Waals surface area contributed by atoms with Gasteiger partial charge >= 0.3 is 6.03 Å². The molecule has 2 aromatic carbocycles. The average molecular weight is 689 g/mol. The highest BCUT2D eigenvalue weighted by Crippen LogP contribution is 2.46. The quantitative estimate of drug-likeness (QED) is 0.355. The largest absolute Gasteiger partial charge is 0.497 e. The van der Waals surface area contributed by atoms with E-state index in [-0.39, 0.29) is 31.3 Å². The van der Waals surface area contributed by atoms with Gasteiger partial charge in [-0.05, 0) is 50.7 Å². The first-order valence-electron chi connectivity index (χ1n) is 16.7. The number of sulfonamides is 1. The van der Waals surface area contributed by atoms with Gasteiger partial charge in [-0.2, -0.15) is 4.98 Å². The molecule has 2 N–H and O–H groups in total. The smallest absolute Gasteiger partial charge is 0.320 e. The summed E-state index contributed by atoms with van der Waals surface area (Å²) in [5.74, 6) is -0.279. The summed E-state index contributed by atoms with van der Waals surface area (Å²) in [5.41, 5.74) is -0.0291. The van der Waals surface area contributed by atoms with Crippen LogP contribution in [-0.4, -0.2) is 96.2 Å². The number of rotatable bonds is 7. The summed E-state index contributed by atoms with van der Waals surface area (Å²) in [6, 6.07) is 13.6. The van der Waals surface area contributed by atoms with Crippen molar-refractivity contribution in [2.45, 2.75) is 67.9 Å². The van der Waals surface area contributed by atoms with Crippen LogP contribution in [0.25, 0.3) is 22.3 Å². The third kappa shape index (κ3) is 6.65. The van der Waals surface area contributed by atoms with Crippen LogP contribution in [0.1, 0.15) is 44.9 Å². The van der Waals surface area contributed by atoms with Gasteiger partial charge in [0.25, 0.3) is 5.91 Å². The van der Waals surface area contributed by atoms with Gasteiger partial charge in [0.2, 0.25) is 21.8 Å². The van der Waals surface area contributed by atoms with E-state index >= 15 is 0 Å². The van der Waals surface area contributed by atoms with Crippen LogP contribution in [0, 0.1) is 5.92 Å². The first kappa shape index (κ1) is 32.8. The number of fused-ring (bicyclic) bond motifs is 3. The number of methoxy groups -OCH3 is 1. The molecule has 2 aliphatic heterocycles. The lowest BCUT2D eigenvalue weighted by molar-refractivity contribution is -0.131. The minimum atomic E-state index is -3.83. The number of carbonyl (C=O) groups is 3. The molecular weight excluding hydrogens is 648 g/mol. The molecule has 3 fully saturated rings. The second kappa shape index (κ2) is 13.0. The van der Waals surface area contributed by atoms with Gasteiger partial charge in [-0.15, -0.1) is 0 Å². The summed E-state index contributed by atoms with van der Waals surface area (Å²) in [6.07, 6.45) is 6.95. The minimum Gasteiger partial charge on any atom is -0.497 e. The van der Waals surface area contributed by atoms with Crippen LogP contribution < -0.4 is 19.5 Å². The molecule has 4 aliphatic rings. The van der Waals surface area contributed by atoms with Gasteiger partial charge in [-0.25, -0.2) is 18.2 Å². The van der Waals surface area contributed by atoms with Crippen LogP contribution in [-0.2, 0) is 19.6 Å². The molecule has 3 heterocycles. The van der Waals surface area contributed by atoms with E-state index in [0.29, 0.717) is 47.7 Å². The molecule has 0 bridgehead atoms. The monoisotopic (exact) mass is 688 g/mol. The Morgan fingerprint density at radius 1 is 1.08 bits per heavy atom. The highest BCUT2D eigenvalue weighted by molar-refractivity contribution is 7.91. The SMILES string of the molecule is COc1ccc2c(O[C@@H]3C[C@H]4C(=O)N[C@]5(C(=O)NS(=O)(=O)C6CC6)C[C@@H]5/C=C\CCCCN(C)C(=O)N4C3)nc(-c3ccccc3)nc2c1. The van der Waals surface area contributed by atoms with Crippen molar-refractivity contribution in [1.29, 1.82) is 0 Å². The first-order valence-corrected chi connectivity index (χ1v) is 18.3. The Morgan fingerprint density at radius 2 is 1.88 bits per heavy atom. The molecule has 14 heteroatoms. The Labute approximate surface area is 285 Å². The summed E-state index contributed by atoms with van der Waals surface area (Å²) < 4.78 is 39.6. The molecule has 13 nitrogen and oxygen atoms in total. The lowest BCUT2D eigenvalue weighted by Gasteiger charge is -2.30. The Balaban J connectivity index is 1.19. The molecule has 3 aromatic rings. The second-order valence-corrected chi connectivity index (χ2v) is 15.3. The molecule has 0 radical (unpaired) electrons. The van der Waals surface area contributed by atoms with Gasteiger partial charge in [0.1, 0.15) is 23.4 Å². The molecule has 7 rings (SSSR count). The van der Waals surface area contributed by atoms with E-state index in [2.05, 4.69) is 10.0 Å². The molecular formula is C35H40N6O7S. The highest BCUT2D eigenvalue weighted by atomic mass is 32.2. The maximum absolute atomic E-state index is 14.1. The summed E-state index contributed by atoms with van der Waals surface area (Å²) in [7, 11) is -0.549. The molecule has 2 aliphatic carbocycles. The number of hydrogen-bond acceptors (Lipinski definition) is 9. The zero-order valence-corrected chi connectivity index (χ0v) is 28.3. The zero-order valence-electron chi connectivity index (χ0n) is 27.5. The van der Waals surface area contributed by atoms with Gasteiger partial charge in [0.15, 0.2) is 5.82 Å². The number of ether oxygens (including phenoxy) is 2. The van der Waals surface area contributed by atoms with Gasteiger partial charge in [-0.1, -0.05) is 42.5 Å². The number of hydrogen-bond donors (Lipinski definition) is 2. The fourth-order valence-corrected chi connectivity index (χ4v) is 8.03. The average Bonchev–Trinajstić information content (AvgIpc) is 4.02. The maximum atomic E-state index is 14.1. The van der Waals surface area contributed by atoms with E-state index in [1.165, 1.54) is 4.90 Å². The van der Waals surface area contributed by atoms with Gasteiger partial charge < -0.3 is 24.6 Å². The predicted octanol–water partition coefficient (Wildman–Crippen LogP) is 3.40. The molecule has 0 spiro atoms. The van der Waals surface area contributed by atoms with Crippen LogP contribution in [0.3, 0.4) is 0 Å². The molecule has 1 aromatic heterocycles. The molecule has 2 saturated carbocycles. The van der Waals surface area contributed by atoms with Crippen molar-refractivity contribution in [2.24, 2.45) is 5.92 Å². The van der Waals surface area contributed by atoms with E-state index in [0.717, 1.165) is 24.8 Å². The van der Waals surface area contributed by atoms with Crippen LogP contribution >= 0.6 is 0 Å². The van der Waals surface area contributed by atoms with Gasteiger partial charge in [0, 0.05) is 37.6 Å². The predicted molar refractivity (Wildman–Crippen MR) is 181 cm³/mol. The fourth-order valence-electron chi connectivity index (χ4n) is 6.67. The second-order valence-electron chi connectivity index (χ2n) is 13.3. The van der Waals surface area contributed by atoms with Crippen LogP contribution in [0.4, 0.5) is 4.79 Å². The van der Waals surface area contributed by atoms with Crippen molar-refractivity contribution in [1.82, 2.24) is 29.8 Å². The zero-order chi connectivity index (χ0) is 34.3. The first-order chi connectivity index (χ1) is 23.6. The maximum Gasteiger partial charge on any atom is 0.320 e. The van der Waals surface area contributed by atoms with Crippen LogP contribution in [0.15, 0.2) is 60.7 Å². The van der Waals surface area contributed by atoms with Crippen molar-refractivity contribution >= 4 is 38.8 Å². The number of nitrogens with zero attached hydrogens (tertiary/aromatic N) is 4. The van der Waals surface area contributed by atoms with Crippen molar-refractivity contribution < 1.29 is 32.3 Å². The lowest BCUT2D eigenvalue weighted by atomic mass is 10.1. The van der Waals surface area contributed by atoms with E-state index in [1.807, 2.05) is 48.6 Å². The molecule has 0 unspecified atom stereocenters. The van der Waals surface area contributed by atoms with E-state index in [1.54, 1.807) is 31.2 Å². The Bertz CT molecular complexity index is 1920. The number of aromatic nitrogens is 2. The number of carbonyl (C=O) groups excluding carboxylic acids is 3. The number of benzene rings is 2. The van der Waals surface area contributed by atoms with Crippen molar-refractivity contribution in [3.05, 3.63) is 60.7 Å². The summed E-state index contributed by atoms with van der Waals surface area (Å²) in [5, 5.41) is 2.94. The molecule has 258 valence electrons. The number of amides is 4. The van der Waals surface area contributed by atoms with Gasteiger partial charge in [-0.3, -0.25) is 14.3 Å². The Kier molecular flexibility index (Phi) is 8.67. The fraction of sp³-hybridized carbons (Fsp3) is 0.457. The normalized spacial score (nSPS) is 26.6. The van der Waals surface area contributed by atoms with Crippen LogP contribution in [0.5, 0.6) is 11.6 Å². The molecule has 1 saturated heterocycles. The van der Waals surface area contributed by atoms with Crippen molar-refractivity contribution in [3.63, 3.8) is 0 Å². The highest BCUT2D eigenvalue weighted by Gasteiger charge is 2.62. The summed E-state index contributed by atoms with van der Waals surface area (Å²) in [6.45, 7) is 0.610. The number of allylic oxidation sites excluding steroid dienone is 1. The molecule has 4 amide bonds. The third-order valence-corrected chi connectivity index (χ3v) is 11.6. The summed E-state index contributed by atoms with van der Waals surface area (Å²) in [4.78, 5) is 54.1. The lowest BCUT2D eigenvalue weighted by Crippen LogP contribution is -2.57. The van der Waals surface area contributed by atoms with Crippen molar-refractivity contribution in [2.75, 3.05) is 27.2 Å². The third-order valence-electron chi connectivity index (χ3n) is 9.76. The number of nitrogens with one attached hydrogen (secondary N) is 2. The van der Waals surface area contributed by atoms with Crippen molar-refractivity contribution in [3.8, 4) is 23.0 Å². The Hall–Kier alpha value is -4.72. The van der Waals surface area contributed by atoms with Crippen LogP contribution in [0.2, 0.25) is 0 Å². The molecule has 4 atom stereocenters. The van der Waals surface area contributed by atoms with Gasteiger partial charge in [0.05, 0.1) is 29.8 Å². The Morgan fingerprint density at radius 3 is 2.63 bits per heavy atom. The summed E-state index contributed by atoms with van der Waals surface area (Å²) >= 11 is 0.